The van der Waals surface area contributed by atoms with Crippen molar-refractivity contribution in [2.24, 2.45) is 0 Å². The number of hydrogen-bond acceptors (Lipinski definition) is 3. The Kier molecular flexibility index (Phi) is 9.78. The molecular weight excluding hydrogens is 380 g/mol. The first kappa shape index (κ1) is 23.0. The minimum absolute atomic E-state index is 0.0342. The Labute approximate surface area is 179 Å². The molecule has 4 nitrogen and oxygen atoms in total. The lowest BCUT2D eigenvalue weighted by Crippen LogP contribution is -2.49. The molecule has 0 aromatic heterocycles. The van der Waals surface area contributed by atoms with Gasteiger partial charge in [0.2, 0.25) is 11.8 Å². The van der Waals surface area contributed by atoms with Gasteiger partial charge in [0.1, 0.15) is 6.04 Å². The summed E-state index contributed by atoms with van der Waals surface area (Å²) in [7, 11) is 0. The van der Waals surface area contributed by atoms with Crippen LogP contribution in [0.15, 0.2) is 54.6 Å². The van der Waals surface area contributed by atoms with Crippen LogP contribution in [0.5, 0.6) is 0 Å². The minimum atomic E-state index is -0.443. The smallest absolute Gasteiger partial charge is 0.242 e. The second-order valence-electron chi connectivity index (χ2n) is 7.05. The van der Waals surface area contributed by atoms with Crippen LogP contribution in [-0.4, -0.2) is 35.1 Å². The van der Waals surface area contributed by atoms with Crippen molar-refractivity contribution < 1.29 is 9.59 Å². The summed E-state index contributed by atoms with van der Waals surface area (Å²) < 4.78 is 0. The SMILES string of the molecule is CCNC(=O)[C@H](CC)N(Cc1ccccc1C)C(=O)CCSCc1ccccc1. The zero-order valence-electron chi connectivity index (χ0n) is 17.7. The van der Waals surface area contributed by atoms with Gasteiger partial charge < -0.3 is 10.2 Å². The number of carbonyl (C=O) groups is 2. The molecule has 0 aliphatic carbocycles. The monoisotopic (exact) mass is 412 g/mol. The van der Waals surface area contributed by atoms with Gasteiger partial charge in [-0.2, -0.15) is 11.8 Å². The number of benzene rings is 2. The highest BCUT2D eigenvalue weighted by Crippen LogP contribution is 2.18. The first-order valence-electron chi connectivity index (χ1n) is 10.3. The van der Waals surface area contributed by atoms with Crippen LogP contribution >= 0.6 is 11.8 Å². The lowest BCUT2D eigenvalue weighted by atomic mass is 10.1. The third-order valence-corrected chi connectivity index (χ3v) is 5.94. The molecular formula is C24H32N2O2S. The van der Waals surface area contributed by atoms with E-state index < -0.39 is 6.04 Å². The second kappa shape index (κ2) is 12.3. The molecule has 1 atom stereocenters. The standard InChI is InChI=1S/C24H32N2O2S/c1-4-22(24(28)25-5-2)26(17-21-14-10-9-11-19(21)3)23(27)15-16-29-18-20-12-7-6-8-13-20/h6-14,22H,4-5,15-18H2,1-3H3,(H,25,28)/t22-/m0/s1. The van der Waals surface area contributed by atoms with E-state index in [1.165, 1.54) is 5.56 Å². The molecule has 0 aliphatic rings. The molecule has 0 saturated carbocycles. The highest BCUT2D eigenvalue weighted by Gasteiger charge is 2.28. The molecule has 0 unspecified atom stereocenters. The molecule has 0 spiro atoms. The molecule has 0 saturated heterocycles. The second-order valence-corrected chi connectivity index (χ2v) is 8.16. The largest absolute Gasteiger partial charge is 0.355 e. The van der Waals surface area contributed by atoms with E-state index in [9.17, 15) is 9.59 Å². The topological polar surface area (TPSA) is 49.4 Å². The van der Waals surface area contributed by atoms with Crippen LogP contribution in [0, 0.1) is 6.92 Å². The zero-order chi connectivity index (χ0) is 21.1. The van der Waals surface area contributed by atoms with Crippen LogP contribution in [0.4, 0.5) is 0 Å². The average molecular weight is 413 g/mol. The van der Waals surface area contributed by atoms with E-state index in [2.05, 4.69) is 17.4 Å². The van der Waals surface area contributed by atoms with E-state index >= 15 is 0 Å². The normalized spacial score (nSPS) is 11.7. The number of hydrogen-bond donors (Lipinski definition) is 1. The number of nitrogens with one attached hydrogen (secondary N) is 1. The Balaban J connectivity index is 2.05. The van der Waals surface area contributed by atoms with Gasteiger partial charge in [0.15, 0.2) is 0 Å². The van der Waals surface area contributed by atoms with Gasteiger partial charge in [-0.15, -0.1) is 0 Å². The first-order valence-corrected chi connectivity index (χ1v) is 11.5. The van der Waals surface area contributed by atoms with Gasteiger partial charge in [0.05, 0.1) is 0 Å². The number of carbonyl (C=O) groups excluding carboxylic acids is 2. The Bertz CT molecular complexity index is 779. The molecule has 2 aromatic rings. The molecule has 5 heteroatoms. The fourth-order valence-electron chi connectivity index (χ4n) is 3.25. The maximum Gasteiger partial charge on any atom is 0.242 e. The van der Waals surface area contributed by atoms with Crippen LogP contribution in [0.2, 0.25) is 0 Å². The molecule has 2 aromatic carbocycles. The number of rotatable bonds is 11. The van der Waals surface area contributed by atoms with Crippen LogP contribution in [0.3, 0.4) is 0 Å². The quantitative estimate of drug-likeness (QED) is 0.550. The Morgan fingerprint density at radius 2 is 1.72 bits per heavy atom. The molecule has 0 aliphatic heterocycles. The lowest BCUT2D eigenvalue weighted by Gasteiger charge is -2.31. The van der Waals surface area contributed by atoms with Crippen molar-refractivity contribution in [2.75, 3.05) is 12.3 Å². The summed E-state index contributed by atoms with van der Waals surface area (Å²) >= 11 is 1.75. The van der Waals surface area contributed by atoms with Crippen LogP contribution < -0.4 is 5.32 Å². The van der Waals surface area contributed by atoms with Gasteiger partial charge in [0.25, 0.3) is 0 Å². The third-order valence-electron chi connectivity index (χ3n) is 4.91. The Morgan fingerprint density at radius 1 is 1.03 bits per heavy atom. The molecule has 29 heavy (non-hydrogen) atoms. The molecule has 0 radical (unpaired) electrons. The van der Waals surface area contributed by atoms with Gasteiger partial charge in [-0.1, -0.05) is 61.5 Å². The number of likely N-dealkylation sites (N-methyl/N-ethyl adjacent to an activating group) is 1. The summed E-state index contributed by atoms with van der Waals surface area (Å²) in [6.45, 7) is 6.93. The van der Waals surface area contributed by atoms with Gasteiger partial charge in [-0.05, 0) is 37.0 Å². The van der Waals surface area contributed by atoms with Gasteiger partial charge >= 0.3 is 0 Å². The minimum Gasteiger partial charge on any atom is -0.355 e. The van der Waals surface area contributed by atoms with Gasteiger partial charge in [-0.25, -0.2) is 0 Å². The van der Waals surface area contributed by atoms with Crippen molar-refractivity contribution in [1.82, 2.24) is 10.2 Å². The number of nitrogens with zero attached hydrogens (tertiary/aromatic N) is 1. The maximum atomic E-state index is 13.1. The van der Waals surface area contributed by atoms with Gasteiger partial charge in [-0.3, -0.25) is 9.59 Å². The highest BCUT2D eigenvalue weighted by atomic mass is 32.2. The maximum absolute atomic E-state index is 13.1. The number of aryl methyl sites for hydroxylation is 1. The van der Waals surface area contributed by atoms with Crippen molar-refractivity contribution in [3.63, 3.8) is 0 Å². The summed E-state index contributed by atoms with van der Waals surface area (Å²) in [5.41, 5.74) is 3.48. The van der Waals surface area contributed by atoms with E-state index in [1.807, 2.05) is 63.2 Å². The van der Waals surface area contributed by atoms with Crippen molar-refractivity contribution in [1.29, 1.82) is 0 Å². The average Bonchev–Trinajstić information content (AvgIpc) is 2.73. The molecule has 0 bridgehead atoms. The van der Waals surface area contributed by atoms with Crippen LogP contribution in [0.1, 0.15) is 43.4 Å². The summed E-state index contributed by atoms with van der Waals surface area (Å²) in [5.74, 6) is 1.59. The third kappa shape index (κ3) is 7.24. The predicted octanol–water partition coefficient (Wildman–Crippen LogP) is 4.56. The fourth-order valence-corrected chi connectivity index (χ4v) is 4.14. The van der Waals surface area contributed by atoms with Crippen molar-refractivity contribution in [3.05, 3.63) is 71.3 Å². The fraction of sp³-hybridized carbons (Fsp3) is 0.417. The summed E-state index contributed by atoms with van der Waals surface area (Å²) in [5, 5.41) is 2.88. The highest BCUT2D eigenvalue weighted by molar-refractivity contribution is 7.98. The zero-order valence-corrected chi connectivity index (χ0v) is 18.5. The van der Waals surface area contributed by atoms with E-state index in [1.54, 1.807) is 16.7 Å². The number of amides is 2. The van der Waals surface area contributed by atoms with E-state index in [0.717, 1.165) is 22.6 Å². The van der Waals surface area contributed by atoms with Crippen LogP contribution in [0.25, 0.3) is 0 Å². The molecule has 2 amide bonds. The van der Waals surface area contributed by atoms with E-state index in [4.69, 9.17) is 0 Å². The number of thioether (sulfide) groups is 1. The molecule has 0 fully saturated rings. The predicted molar refractivity (Wildman–Crippen MR) is 122 cm³/mol. The van der Waals surface area contributed by atoms with E-state index in [0.29, 0.717) is 25.9 Å². The summed E-state index contributed by atoms with van der Waals surface area (Å²) in [4.78, 5) is 27.5. The molecule has 0 heterocycles. The first-order chi connectivity index (χ1) is 14.1. The summed E-state index contributed by atoms with van der Waals surface area (Å²) in [6.07, 6.45) is 1.03. The summed E-state index contributed by atoms with van der Waals surface area (Å²) in [6, 6.07) is 17.9. The van der Waals surface area contributed by atoms with Crippen molar-refractivity contribution in [2.45, 2.75) is 52.0 Å². The Morgan fingerprint density at radius 3 is 2.38 bits per heavy atom. The van der Waals surface area contributed by atoms with Crippen molar-refractivity contribution >= 4 is 23.6 Å². The molecule has 1 N–H and O–H groups in total. The Hall–Kier alpha value is -2.27. The van der Waals surface area contributed by atoms with Crippen LogP contribution in [-0.2, 0) is 21.9 Å². The molecule has 156 valence electrons. The molecule has 2 rings (SSSR count). The van der Waals surface area contributed by atoms with E-state index in [-0.39, 0.29) is 11.8 Å². The lowest BCUT2D eigenvalue weighted by molar-refractivity contribution is -0.141. The van der Waals surface area contributed by atoms with Crippen molar-refractivity contribution in [3.8, 4) is 0 Å². The van der Waals surface area contributed by atoms with Gasteiger partial charge in [0, 0.05) is 31.0 Å².